The lowest BCUT2D eigenvalue weighted by Crippen LogP contribution is -2.48. The summed E-state index contributed by atoms with van der Waals surface area (Å²) in [6.07, 6.45) is -4.37. The molecule has 0 saturated carbocycles. The van der Waals surface area contributed by atoms with Crippen molar-refractivity contribution in [2.45, 2.75) is 12.7 Å². The quantitative estimate of drug-likeness (QED) is 0.858. The number of carbonyl (C=O) groups is 1. The molecule has 2 heterocycles. The van der Waals surface area contributed by atoms with E-state index in [4.69, 9.17) is 0 Å². The summed E-state index contributed by atoms with van der Waals surface area (Å²) in [5, 5.41) is 4.72. The maximum Gasteiger partial charge on any atom is 0.416 e. The van der Waals surface area contributed by atoms with E-state index < -0.39 is 11.7 Å². The largest absolute Gasteiger partial charge is 0.416 e. The Balaban J connectivity index is 1.43. The molecule has 0 bridgehead atoms. The first-order valence-corrected chi connectivity index (χ1v) is 9.22. The number of thiophene rings is 1. The van der Waals surface area contributed by atoms with E-state index >= 15 is 0 Å². The second kappa shape index (κ2) is 8.20. The van der Waals surface area contributed by atoms with Crippen LogP contribution in [0.1, 0.15) is 10.4 Å². The van der Waals surface area contributed by atoms with E-state index in [-0.39, 0.29) is 12.5 Å². The molecule has 0 atom stereocenters. The zero-order chi connectivity index (χ0) is 18.6. The highest BCUT2D eigenvalue weighted by atomic mass is 32.1. The molecule has 0 spiro atoms. The fraction of sp³-hybridized carbons (Fsp3) is 0.389. The molecule has 0 unspecified atom stereocenters. The third-order valence-corrected chi connectivity index (χ3v) is 5.15. The van der Waals surface area contributed by atoms with Crippen LogP contribution in [0.2, 0.25) is 0 Å². The van der Waals surface area contributed by atoms with Crippen LogP contribution in [0.15, 0.2) is 41.8 Å². The van der Waals surface area contributed by atoms with Gasteiger partial charge in [0.05, 0.1) is 12.1 Å². The highest BCUT2D eigenvalue weighted by Gasteiger charge is 2.30. The molecule has 1 aromatic heterocycles. The molecule has 4 nitrogen and oxygen atoms in total. The second-order valence-corrected chi connectivity index (χ2v) is 7.29. The number of halogens is 3. The summed E-state index contributed by atoms with van der Waals surface area (Å²) in [5.41, 5.74) is -0.350. The van der Waals surface area contributed by atoms with E-state index in [1.165, 1.54) is 17.0 Å². The Hall–Kier alpha value is -1.90. The average molecular weight is 383 g/mol. The average Bonchev–Trinajstić information content (AvgIpc) is 3.09. The smallest absolute Gasteiger partial charge is 0.325 e. The SMILES string of the molecule is O=C(CN1CCN(Cc2cccs2)CC1)Nc1ccc(C(F)(F)F)cc1. The van der Waals surface area contributed by atoms with Gasteiger partial charge in [0.25, 0.3) is 0 Å². The molecule has 1 saturated heterocycles. The van der Waals surface area contributed by atoms with E-state index in [1.54, 1.807) is 11.3 Å². The zero-order valence-corrected chi connectivity index (χ0v) is 14.9. The van der Waals surface area contributed by atoms with Gasteiger partial charge in [-0.3, -0.25) is 14.6 Å². The number of carbonyl (C=O) groups excluding carboxylic acids is 1. The standard InChI is InChI=1S/C18H20F3N3OS/c19-18(20,21)14-3-5-15(6-4-14)22-17(25)13-24-9-7-23(8-10-24)12-16-2-1-11-26-16/h1-6,11H,7-10,12-13H2,(H,22,25). The Morgan fingerprint density at radius 1 is 1.04 bits per heavy atom. The molecule has 2 aromatic rings. The van der Waals surface area contributed by atoms with E-state index in [1.807, 2.05) is 6.07 Å². The van der Waals surface area contributed by atoms with Gasteiger partial charge in [-0.2, -0.15) is 13.2 Å². The van der Waals surface area contributed by atoms with Gasteiger partial charge in [0, 0.05) is 43.3 Å². The minimum absolute atomic E-state index is 0.212. The lowest BCUT2D eigenvalue weighted by atomic mass is 10.2. The fourth-order valence-corrected chi connectivity index (χ4v) is 3.62. The van der Waals surface area contributed by atoms with Gasteiger partial charge in [0.1, 0.15) is 0 Å². The molecular weight excluding hydrogens is 363 g/mol. The van der Waals surface area contributed by atoms with Gasteiger partial charge >= 0.3 is 6.18 Å². The van der Waals surface area contributed by atoms with E-state index in [0.29, 0.717) is 5.69 Å². The van der Waals surface area contributed by atoms with Gasteiger partial charge in [-0.1, -0.05) is 6.07 Å². The van der Waals surface area contributed by atoms with Crippen LogP contribution >= 0.6 is 11.3 Å². The van der Waals surface area contributed by atoms with Gasteiger partial charge in [0.15, 0.2) is 0 Å². The number of nitrogens with one attached hydrogen (secondary N) is 1. The summed E-state index contributed by atoms with van der Waals surface area (Å²) in [4.78, 5) is 17.9. The third-order valence-electron chi connectivity index (χ3n) is 4.29. The highest BCUT2D eigenvalue weighted by molar-refractivity contribution is 7.09. The lowest BCUT2D eigenvalue weighted by Gasteiger charge is -2.34. The van der Waals surface area contributed by atoms with E-state index in [0.717, 1.165) is 44.9 Å². The second-order valence-electron chi connectivity index (χ2n) is 6.25. The number of alkyl halides is 3. The summed E-state index contributed by atoms with van der Waals surface area (Å²) in [6, 6.07) is 8.66. The van der Waals surface area contributed by atoms with Crippen molar-refractivity contribution in [2.24, 2.45) is 0 Å². The molecule has 8 heteroatoms. The predicted molar refractivity (Wildman–Crippen MR) is 96.1 cm³/mol. The molecular formula is C18H20F3N3OS. The molecule has 0 aliphatic carbocycles. The van der Waals surface area contributed by atoms with Crippen LogP contribution in [0.5, 0.6) is 0 Å². The molecule has 1 aliphatic heterocycles. The van der Waals surface area contributed by atoms with E-state index in [9.17, 15) is 18.0 Å². The van der Waals surface area contributed by atoms with Crippen molar-refractivity contribution in [1.29, 1.82) is 0 Å². The Kier molecular flexibility index (Phi) is 5.95. The predicted octanol–water partition coefficient (Wildman–Crippen LogP) is 3.52. The van der Waals surface area contributed by atoms with Crippen molar-refractivity contribution in [3.05, 3.63) is 52.2 Å². The van der Waals surface area contributed by atoms with Crippen LogP contribution < -0.4 is 5.32 Å². The maximum atomic E-state index is 12.5. The van der Waals surface area contributed by atoms with Crippen LogP contribution in [-0.4, -0.2) is 48.4 Å². The Morgan fingerprint density at radius 2 is 1.69 bits per heavy atom. The summed E-state index contributed by atoms with van der Waals surface area (Å²) >= 11 is 1.74. The molecule has 26 heavy (non-hydrogen) atoms. The fourth-order valence-electron chi connectivity index (χ4n) is 2.87. The number of nitrogens with zero attached hydrogens (tertiary/aromatic N) is 2. The number of hydrogen-bond acceptors (Lipinski definition) is 4. The van der Waals surface area contributed by atoms with Crippen molar-refractivity contribution in [3.63, 3.8) is 0 Å². The van der Waals surface area contributed by atoms with Crippen molar-refractivity contribution in [2.75, 3.05) is 38.0 Å². The Labute approximate surface area is 154 Å². The maximum absolute atomic E-state index is 12.5. The van der Waals surface area contributed by atoms with E-state index in [2.05, 4.69) is 26.6 Å². The zero-order valence-electron chi connectivity index (χ0n) is 14.1. The summed E-state index contributed by atoms with van der Waals surface area (Å²) in [7, 11) is 0. The first-order valence-electron chi connectivity index (χ1n) is 8.34. The summed E-state index contributed by atoms with van der Waals surface area (Å²) in [6.45, 7) is 4.56. The number of amides is 1. The Morgan fingerprint density at radius 3 is 2.27 bits per heavy atom. The van der Waals surface area contributed by atoms with Crippen molar-refractivity contribution in [1.82, 2.24) is 9.80 Å². The molecule has 3 rings (SSSR count). The molecule has 1 amide bonds. The van der Waals surface area contributed by atoms with Gasteiger partial charge in [-0.05, 0) is 35.7 Å². The van der Waals surface area contributed by atoms with Gasteiger partial charge in [0.2, 0.25) is 5.91 Å². The number of anilines is 1. The number of rotatable bonds is 5. The summed E-state index contributed by atoms with van der Waals surface area (Å²) in [5.74, 6) is -0.212. The van der Waals surface area contributed by atoms with Gasteiger partial charge in [-0.25, -0.2) is 0 Å². The monoisotopic (exact) mass is 383 g/mol. The molecule has 1 N–H and O–H groups in total. The number of hydrogen-bond donors (Lipinski definition) is 1. The normalized spacial score (nSPS) is 16.6. The topological polar surface area (TPSA) is 35.6 Å². The third kappa shape index (κ3) is 5.30. The van der Waals surface area contributed by atoms with Gasteiger partial charge < -0.3 is 5.32 Å². The summed E-state index contributed by atoms with van der Waals surface area (Å²) < 4.78 is 37.6. The number of benzene rings is 1. The molecule has 0 radical (unpaired) electrons. The van der Waals surface area contributed by atoms with Crippen molar-refractivity contribution in [3.8, 4) is 0 Å². The molecule has 140 valence electrons. The van der Waals surface area contributed by atoms with Crippen LogP contribution in [0.4, 0.5) is 18.9 Å². The highest BCUT2D eigenvalue weighted by Crippen LogP contribution is 2.29. The first-order chi connectivity index (χ1) is 12.4. The van der Waals surface area contributed by atoms with Crippen LogP contribution in [-0.2, 0) is 17.5 Å². The van der Waals surface area contributed by atoms with Crippen molar-refractivity contribution >= 4 is 22.9 Å². The van der Waals surface area contributed by atoms with Crippen LogP contribution in [0.3, 0.4) is 0 Å². The minimum atomic E-state index is -4.37. The Bertz CT molecular complexity index is 708. The van der Waals surface area contributed by atoms with Gasteiger partial charge in [-0.15, -0.1) is 11.3 Å². The molecule has 1 aromatic carbocycles. The van der Waals surface area contributed by atoms with Crippen molar-refractivity contribution < 1.29 is 18.0 Å². The molecule has 1 aliphatic rings. The van der Waals surface area contributed by atoms with Crippen LogP contribution in [0, 0.1) is 0 Å². The van der Waals surface area contributed by atoms with Crippen LogP contribution in [0.25, 0.3) is 0 Å². The molecule has 1 fully saturated rings. The first kappa shape index (κ1) is 18.9. The number of piperazine rings is 1. The minimum Gasteiger partial charge on any atom is -0.325 e. The lowest BCUT2D eigenvalue weighted by molar-refractivity contribution is -0.137.